The molecule has 4 heterocycles. The van der Waals surface area contributed by atoms with E-state index in [0.717, 1.165) is 48.8 Å². The van der Waals surface area contributed by atoms with E-state index in [-0.39, 0.29) is 11.1 Å². The number of hydrogen-bond donors (Lipinski definition) is 1. The van der Waals surface area contributed by atoms with Crippen molar-refractivity contribution in [2.75, 3.05) is 26.3 Å². The zero-order valence-electron chi connectivity index (χ0n) is 19.9. The molecule has 33 heavy (non-hydrogen) atoms. The Bertz CT molecular complexity index is 1300. The average Bonchev–Trinajstić information content (AvgIpc) is 3.16. The van der Waals surface area contributed by atoms with E-state index in [2.05, 4.69) is 48.0 Å². The van der Waals surface area contributed by atoms with Crippen LogP contribution in [0.25, 0.3) is 22.2 Å². The smallest absolute Gasteiger partial charge is 0.268 e. The minimum Gasteiger partial charge on any atom is -0.378 e. The number of H-pyrrole nitrogens is 1. The molecule has 6 heteroatoms. The van der Waals surface area contributed by atoms with Crippen LogP contribution in [-0.2, 0) is 11.8 Å². The van der Waals surface area contributed by atoms with Gasteiger partial charge in [-0.25, -0.2) is 0 Å². The second-order valence-electron chi connectivity index (χ2n) is 9.91. The van der Waals surface area contributed by atoms with Crippen molar-refractivity contribution < 1.29 is 4.74 Å². The van der Waals surface area contributed by atoms with Crippen LogP contribution in [0.1, 0.15) is 60.9 Å². The maximum absolute atomic E-state index is 12.4. The van der Waals surface area contributed by atoms with Gasteiger partial charge in [-0.05, 0) is 74.0 Å². The van der Waals surface area contributed by atoms with Crippen molar-refractivity contribution in [1.82, 2.24) is 14.5 Å². The predicted octanol–water partition coefficient (Wildman–Crippen LogP) is 4.42. The second kappa shape index (κ2) is 8.48. The molecule has 2 aromatic heterocycles. The number of hydrogen-bond acceptors (Lipinski definition) is 4. The third-order valence-electron chi connectivity index (χ3n) is 7.68. The number of piperidine rings is 1. The quantitative estimate of drug-likeness (QED) is 0.647. The monoisotopic (exact) mass is 444 g/mol. The van der Waals surface area contributed by atoms with Gasteiger partial charge in [0.25, 0.3) is 5.56 Å². The highest BCUT2D eigenvalue weighted by molar-refractivity contribution is 5.92. The number of benzene rings is 1. The van der Waals surface area contributed by atoms with E-state index in [1.54, 1.807) is 17.7 Å². The number of aromatic nitrogens is 2. The van der Waals surface area contributed by atoms with Crippen LogP contribution in [0.5, 0.6) is 0 Å². The number of likely N-dealkylation sites (tertiary alicyclic amines) is 1. The number of fused-ring (bicyclic) bond motifs is 1. The van der Waals surface area contributed by atoms with Crippen LogP contribution in [0.3, 0.4) is 0 Å². The van der Waals surface area contributed by atoms with Gasteiger partial charge in [0.1, 0.15) is 11.6 Å². The highest BCUT2D eigenvalue weighted by atomic mass is 16.5. The topological polar surface area (TPSA) is 74.1 Å². The summed E-state index contributed by atoms with van der Waals surface area (Å²) in [6.45, 7) is 10.4. The fourth-order valence-electron chi connectivity index (χ4n) is 5.49. The fourth-order valence-corrected chi connectivity index (χ4v) is 5.49. The fraction of sp³-hybridized carbons (Fsp3) is 0.481. The van der Waals surface area contributed by atoms with Gasteiger partial charge in [0.05, 0.1) is 24.9 Å². The van der Waals surface area contributed by atoms with E-state index in [1.165, 1.54) is 29.4 Å². The van der Waals surface area contributed by atoms with Gasteiger partial charge >= 0.3 is 0 Å². The van der Waals surface area contributed by atoms with Gasteiger partial charge in [-0.15, -0.1) is 0 Å². The highest BCUT2D eigenvalue weighted by Gasteiger charge is 2.30. The maximum atomic E-state index is 12.4. The Kier molecular flexibility index (Phi) is 5.64. The molecule has 0 unspecified atom stereocenters. The molecule has 0 bridgehead atoms. The van der Waals surface area contributed by atoms with Gasteiger partial charge in [-0.2, -0.15) is 5.26 Å². The van der Waals surface area contributed by atoms with E-state index in [1.807, 2.05) is 6.92 Å². The Balaban J connectivity index is 1.55. The van der Waals surface area contributed by atoms with Crippen molar-refractivity contribution in [2.45, 2.75) is 51.5 Å². The van der Waals surface area contributed by atoms with Crippen molar-refractivity contribution in [2.24, 2.45) is 7.05 Å². The summed E-state index contributed by atoms with van der Waals surface area (Å²) in [5, 5.41) is 10.7. The number of rotatable bonds is 4. The van der Waals surface area contributed by atoms with E-state index < -0.39 is 0 Å². The minimum absolute atomic E-state index is 0.177. The lowest BCUT2D eigenvalue weighted by Crippen LogP contribution is -2.51. The predicted molar refractivity (Wildman–Crippen MR) is 131 cm³/mol. The maximum Gasteiger partial charge on any atom is 0.268 e. The normalized spacial score (nSPS) is 18.1. The molecule has 0 spiro atoms. The van der Waals surface area contributed by atoms with E-state index in [9.17, 15) is 10.1 Å². The van der Waals surface area contributed by atoms with E-state index >= 15 is 0 Å². The van der Waals surface area contributed by atoms with Crippen LogP contribution < -0.4 is 5.56 Å². The van der Waals surface area contributed by atoms with Crippen molar-refractivity contribution in [1.29, 1.82) is 5.26 Å². The Morgan fingerprint density at radius 1 is 1.18 bits per heavy atom. The first-order chi connectivity index (χ1) is 15.9. The summed E-state index contributed by atoms with van der Waals surface area (Å²) in [6, 6.07) is 11.3. The Hall–Kier alpha value is -2.88. The van der Waals surface area contributed by atoms with Crippen LogP contribution in [0.2, 0.25) is 0 Å². The largest absolute Gasteiger partial charge is 0.378 e. The molecule has 0 atom stereocenters. The molecule has 0 aliphatic carbocycles. The summed E-state index contributed by atoms with van der Waals surface area (Å²) in [7, 11) is 1.74. The highest BCUT2D eigenvalue weighted by Crippen LogP contribution is 2.39. The first kappa shape index (κ1) is 21.9. The third kappa shape index (κ3) is 3.70. The summed E-state index contributed by atoms with van der Waals surface area (Å²) in [5.74, 6) is 0.876. The minimum atomic E-state index is -0.247. The van der Waals surface area contributed by atoms with Crippen molar-refractivity contribution in [3.63, 3.8) is 0 Å². The Morgan fingerprint density at radius 3 is 2.52 bits per heavy atom. The summed E-state index contributed by atoms with van der Waals surface area (Å²) in [4.78, 5) is 18.6. The van der Waals surface area contributed by atoms with Crippen LogP contribution >= 0.6 is 0 Å². The zero-order chi connectivity index (χ0) is 23.3. The van der Waals surface area contributed by atoms with Gasteiger partial charge in [-0.1, -0.05) is 19.9 Å². The van der Waals surface area contributed by atoms with Gasteiger partial charge in [0, 0.05) is 29.2 Å². The molecule has 2 fully saturated rings. The second-order valence-corrected chi connectivity index (χ2v) is 9.91. The molecule has 3 aromatic rings. The molecule has 0 radical (unpaired) electrons. The molecule has 5 rings (SSSR count). The lowest BCUT2D eigenvalue weighted by atomic mass is 9.87. The Morgan fingerprint density at radius 2 is 1.91 bits per heavy atom. The first-order valence-electron chi connectivity index (χ1n) is 12.0. The molecule has 1 aromatic carbocycles. The van der Waals surface area contributed by atoms with Crippen LogP contribution in [0.4, 0.5) is 0 Å². The third-order valence-corrected chi connectivity index (χ3v) is 7.68. The summed E-state index contributed by atoms with van der Waals surface area (Å²) in [5.41, 5.74) is 6.50. The van der Waals surface area contributed by atoms with Crippen molar-refractivity contribution >= 4 is 10.9 Å². The molecular weight excluding hydrogens is 412 g/mol. The molecule has 2 aliphatic heterocycles. The van der Waals surface area contributed by atoms with Gasteiger partial charge in [0.15, 0.2) is 0 Å². The molecule has 6 nitrogen and oxygen atoms in total. The molecule has 172 valence electrons. The number of nitrogens with zero attached hydrogens (tertiary/aromatic N) is 3. The number of nitriles is 1. The molecule has 0 amide bonds. The molecule has 2 saturated heterocycles. The standard InChI is InChI=1S/C27H32N4O2/c1-16(2)25-23-11-19(18-7-9-31(10-8-18)21-14-33-15-21)5-6-24(23)29-26(25)22-12-20(13-28)27(32)30(4)17(22)3/h5-6,11-12,16,18,21,29H,7-10,14-15H2,1-4H3. The van der Waals surface area contributed by atoms with Crippen molar-refractivity contribution in [3.05, 3.63) is 57.0 Å². The van der Waals surface area contributed by atoms with Crippen molar-refractivity contribution in [3.8, 4) is 17.3 Å². The summed E-state index contributed by atoms with van der Waals surface area (Å²) < 4.78 is 6.96. The molecule has 0 saturated carbocycles. The molecule has 1 N–H and O–H groups in total. The van der Waals surface area contributed by atoms with E-state index in [0.29, 0.717) is 17.9 Å². The molecule has 2 aliphatic rings. The zero-order valence-corrected chi connectivity index (χ0v) is 19.9. The van der Waals surface area contributed by atoms with Crippen LogP contribution in [0, 0.1) is 18.3 Å². The number of aromatic amines is 1. The number of nitrogens with one attached hydrogen (secondary N) is 1. The van der Waals surface area contributed by atoms with Gasteiger partial charge in [-0.3, -0.25) is 9.69 Å². The SMILES string of the molecule is Cc1c(-c2[nH]c3ccc(C4CCN(C5COC5)CC4)cc3c2C(C)C)cc(C#N)c(=O)n1C. The summed E-state index contributed by atoms with van der Waals surface area (Å²) in [6.07, 6.45) is 2.36. The summed E-state index contributed by atoms with van der Waals surface area (Å²) >= 11 is 0. The number of ether oxygens (including phenoxy) is 1. The number of pyridine rings is 1. The van der Waals surface area contributed by atoms with Gasteiger partial charge < -0.3 is 14.3 Å². The van der Waals surface area contributed by atoms with E-state index in [4.69, 9.17) is 4.74 Å². The first-order valence-corrected chi connectivity index (χ1v) is 12.0. The Labute approximate surface area is 194 Å². The van der Waals surface area contributed by atoms with Crippen LogP contribution in [0.15, 0.2) is 29.1 Å². The molecular formula is C27H32N4O2. The lowest BCUT2D eigenvalue weighted by molar-refractivity contribution is -0.0712. The lowest BCUT2D eigenvalue weighted by Gasteiger charge is -2.41. The average molecular weight is 445 g/mol. The van der Waals surface area contributed by atoms with Gasteiger partial charge in [0.2, 0.25) is 0 Å². The van der Waals surface area contributed by atoms with Crippen LogP contribution in [-0.4, -0.2) is 46.8 Å².